The van der Waals surface area contributed by atoms with Gasteiger partial charge in [0.15, 0.2) is 11.5 Å². The number of rotatable bonds is 6. The summed E-state index contributed by atoms with van der Waals surface area (Å²) in [7, 11) is -0.631. The highest BCUT2D eigenvalue weighted by Gasteiger charge is 2.33. The van der Waals surface area contributed by atoms with E-state index in [0.717, 1.165) is 19.3 Å². The zero-order valence-corrected chi connectivity index (χ0v) is 12.5. The maximum Gasteiger partial charge on any atom is 0.240 e. The summed E-state index contributed by atoms with van der Waals surface area (Å²) in [6.07, 6.45) is 2.75. The maximum absolute atomic E-state index is 12.2. The Balaban J connectivity index is 2.16. The summed E-state index contributed by atoms with van der Waals surface area (Å²) in [5, 5.41) is 0. The van der Waals surface area contributed by atoms with E-state index >= 15 is 0 Å². The lowest BCUT2D eigenvalue weighted by Crippen LogP contribution is -2.54. The number of nitrogens with two attached hydrogens (primary N) is 1. The van der Waals surface area contributed by atoms with Gasteiger partial charge in [-0.25, -0.2) is 13.1 Å². The van der Waals surface area contributed by atoms with Crippen LogP contribution < -0.4 is 19.9 Å². The summed E-state index contributed by atoms with van der Waals surface area (Å²) >= 11 is 0. The average molecular weight is 300 g/mol. The van der Waals surface area contributed by atoms with Crippen molar-refractivity contribution in [3.05, 3.63) is 18.2 Å². The van der Waals surface area contributed by atoms with Gasteiger partial charge in [-0.15, -0.1) is 0 Å². The Bertz CT molecular complexity index is 582. The van der Waals surface area contributed by atoms with Gasteiger partial charge in [-0.05, 0) is 31.4 Å². The molecule has 0 amide bonds. The Hall–Kier alpha value is -1.31. The molecule has 0 spiro atoms. The number of nitrogens with one attached hydrogen (secondary N) is 1. The number of sulfonamides is 1. The number of benzene rings is 1. The van der Waals surface area contributed by atoms with Gasteiger partial charge in [-0.3, -0.25) is 0 Å². The van der Waals surface area contributed by atoms with Crippen LogP contribution in [0.15, 0.2) is 23.1 Å². The Morgan fingerprint density at radius 1 is 1.25 bits per heavy atom. The smallest absolute Gasteiger partial charge is 0.240 e. The van der Waals surface area contributed by atoms with E-state index in [0.29, 0.717) is 11.5 Å². The Morgan fingerprint density at radius 3 is 2.40 bits per heavy atom. The van der Waals surface area contributed by atoms with E-state index in [4.69, 9.17) is 15.2 Å². The minimum atomic E-state index is -3.59. The molecule has 0 radical (unpaired) electrons. The molecule has 6 nitrogen and oxygen atoms in total. The minimum Gasteiger partial charge on any atom is -0.493 e. The molecule has 1 saturated carbocycles. The predicted octanol–water partition coefficient (Wildman–Crippen LogP) is 0.863. The molecule has 1 aromatic carbocycles. The van der Waals surface area contributed by atoms with Gasteiger partial charge in [0.1, 0.15) is 0 Å². The third-order valence-electron chi connectivity index (χ3n) is 3.63. The van der Waals surface area contributed by atoms with Gasteiger partial charge in [0.25, 0.3) is 0 Å². The lowest BCUT2D eigenvalue weighted by atomic mass is 9.78. The van der Waals surface area contributed by atoms with E-state index in [1.807, 2.05) is 0 Å². The number of hydrogen-bond acceptors (Lipinski definition) is 5. The molecule has 0 aliphatic heterocycles. The SMILES string of the molecule is COc1ccc(S(=O)(=O)NCC2(N)CCC2)cc1OC. The third-order valence-corrected chi connectivity index (χ3v) is 5.03. The third kappa shape index (κ3) is 3.05. The van der Waals surface area contributed by atoms with Gasteiger partial charge in [0.05, 0.1) is 19.1 Å². The van der Waals surface area contributed by atoms with Crippen molar-refractivity contribution in [3.63, 3.8) is 0 Å². The van der Waals surface area contributed by atoms with E-state index < -0.39 is 15.6 Å². The van der Waals surface area contributed by atoms with Crippen molar-refractivity contribution in [2.45, 2.75) is 29.7 Å². The van der Waals surface area contributed by atoms with Crippen molar-refractivity contribution in [3.8, 4) is 11.5 Å². The molecule has 1 fully saturated rings. The highest BCUT2D eigenvalue weighted by Crippen LogP contribution is 2.31. The molecule has 0 aromatic heterocycles. The van der Waals surface area contributed by atoms with E-state index in [-0.39, 0.29) is 11.4 Å². The molecule has 20 heavy (non-hydrogen) atoms. The second-order valence-corrected chi connectivity index (χ2v) is 6.82. The second kappa shape index (κ2) is 5.59. The van der Waals surface area contributed by atoms with Crippen LogP contribution in [0.25, 0.3) is 0 Å². The highest BCUT2D eigenvalue weighted by atomic mass is 32.2. The normalized spacial score (nSPS) is 17.4. The number of hydrogen-bond donors (Lipinski definition) is 2. The van der Waals surface area contributed by atoms with Gasteiger partial charge in [0, 0.05) is 18.2 Å². The summed E-state index contributed by atoms with van der Waals surface area (Å²) < 4.78 is 37.2. The van der Waals surface area contributed by atoms with Gasteiger partial charge in [-0.2, -0.15) is 0 Å². The van der Waals surface area contributed by atoms with Crippen LogP contribution in [0.3, 0.4) is 0 Å². The average Bonchev–Trinajstić information content (AvgIpc) is 2.42. The monoisotopic (exact) mass is 300 g/mol. The fourth-order valence-electron chi connectivity index (χ4n) is 2.11. The first-order valence-corrected chi connectivity index (χ1v) is 7.89. The van der Waals surface area contributed by atoms with Crippen LogP contribution in [-0.4, -0.2) is 34.7 Å². The van der Waals surface area contributed by atoms with Crippen molar-refractivity contribution < 1.29 is 17.9 Å². The molecular weight excluding hydrogens is 280 g/mol. The molecule has 1 aliphatic rings. The van der Waals surface area contributed by atoms with E-state index in [2.05, 4.69) is 4.72 Å². The molecule has 1 aromatic rings. The molecular formula is C13H20N2O4S. The summed E-state index contributed by atoms with van der Waals surface area (Å²) in [4.78, 5) is 0.137. The Kier molecular flexibility index (Phi) is 4.22. The Labute approximate surface area is 119 Å². The highest BCUT2D eigenvalue weighted by molar-refractivity contribution is 7.89. The molecule has 112 valence electrons. The van der Waals surface area contributed by atoms with Crippen molar-refractivity contribution in [2.75, 3.05) is 20.8 Å². The summed E-state index contributed by atoms with van der Waals surface area (Å²) in [6.45, 7) is 0.254. The van der Waals surface area contributed by atoms with Gasteiger partial charge in [0.2, 0.25) is 10.0 Å². The number of ether oxygens (including phenoxy) is 2. The molecule has 1 aliphatic carbocycles. The van der Waals surface area contributed by atoms with Gasteiger partial charge < -0.3 is 15.2 Å². The van der Waals surface area contributed by atoms with Crippen LogP contribution in [0, 0.1) is 0 Å². The zero-order valence-electron chi connectivity index (χ0n) is 11.7. The summed E-state index contributed by atoms with van der Waals surface area (Å²) in [5.41, 5.74) is 5.62. The van der Waals surface area contributed by atoms with Crippen molar-refractivity contribution in [2.24, 2.45) is 5.73 Å². The van der Waals surface area contributed by atoms with Crippen molar-refractivity contribution in [1.29, 1.82) is 0 Å². The van der Waals surface area contributed by atoms with Crippen LogP contribution in [0.4, 0.5) is 0 Å². The van der Waals surface area contributed by atoms with E-state index in [1.54, 1.807) is 6.07 Å². The molecule has 2 rings (SSSR count). The van der Waals surface area contributed by atoms with Crippen molar-refractivity contribution >= 4 is 10.0 Å². The van der Waals surface area contributed by atoms with E-state index in [1.165, 1.54) is 26.4 Å². The van der Waals surface area contributed by atoms with Crippen LogP contribution in [0.2, 0.25) is 0 Å². The first kappa shape index (κ1) is 15.1. The molecule has 0 atom stereocenters. The topological polar surface area (TPSA) is 90.7 Å². The quantitative estimate of drug-likeness (QED) is 0.813. The fraction of sp³-hybridized carbons (Fsp3) is 0.538. The first-order chi connectivity index (χ1) is 9.40. The predicted molar refractivity (Wildman–Crippen MR) is 75.5 cm³/mol. The van der Waals surface area contributed by atoms with E-state index in [9.17, 15) is 8.42 Å². The van der Waals surface area contributed by atoms with Crippen LogP contribution in [0.5, 0.6) is 11.5 Å². The maximum atomic E-state index is 12.2. The van der Waals surface area contributed by atoms with Gasteiger partial charge in [-0.1, -0.05) is 0 Å². The fourth-order valence-corrected chi connectivity index (χ4v) is 3.27. The zero-order chi connectivity index (χ0) is 14.8. The minimum absolute atomic E-state index is 0.137. The molecule has 3 N–H and O–H groups in total. The first-order valence-electron chi connectivity index (χ1n) is 6.41. The number of methoxy groups -OCH3 is 2. The standard InChI is InChI=1S/C13H20N2O4S/c1-18-11-5-4-10(8-12(11)19-2)20(16,17)15-9-13(14)6-3-7-13/h4-5,8,15H,3,6-7,9,14H2,1-2H3. The van der Waals surface area contributed by atoms with Gasteiger partial charge >= 0.3 is 0 Å². The molecule has 7 heteroatoms. The van der Waals surface area contributed by atoms with Crippen LogP contribution in [0.1, 0.15) is 19.3 Å². The molecule has 0 unspecified atom stereocenters. The lowest BCUT2D eigenvalue weighted by Gasteiger charge is -2.38. The van der Waals surface area contributed by atoms with Crippen LogP contribution >= 0.6 is 0 Å². The lowest BCUT2D eigenvalue weighted by molar-refractivity contribution is 0.251. The summed E-state index contributed by atoms with van der Waals surface area (Å²) in [5.74, 6) is 0.863. The molecule has 0 bridgehead atoms. The second-order valence-electron chi connectivity index (χ2n) is 5.06. The molecule has 0 heterocycles. The summed E-state index contributed by atoms with van der Waals surface area (Å²) in [6, 6.07) is 4.48. The largest absolute Gasteiger partial charge is 0.493 e. The Morgan fingerprint density at radius 2 is 1.90 bits per heavy atom. The van der Waals surface area contributed by atoms with Crippen molar-refractivity contribution in [1.82, 2.24) is 4.72 Å². The van der Waals surface area contributed by atoms with Crippen LogP contribution in [-0.2, 0) is 10.0 Å². The molecule has 0 saturated heterocycles.